The molecule has 0 fully saturated rings. The fourth-order valence-electron chi connectivity index (χ4n) is 3.03. The topological polar surface area (TPSA) is 76.0 Å². The van der Waals surface area contributed by atoms with Gasteiger partial charge in [0.05, 0.1) is 23.4 Å². The number of rotatable bonds is 7. The molecule has 0 bridgehead atoms. The number of amides is 2. The molecular formula is C22H21F3N4O2. The predicted octanol–water partition coefficient (Wildman–Crippen LogP) is 3.89. The van der Waals surface area contributed by atoms with E-state index in [1.54, 1.807) is 6.92 Å². The number of hydrogen-bond donors (Lipinski definition) is 2. The van der Waals surface area contributed by atoms with Crippen molar-refractivity contribution in [2.45, 2.75) is 25.9 Å². The second-order valence-corrected chi connectivity index (χ2v) is 6.91. The lowest BCUT2D eigenvalue weighted by Gasteiger charge is -2.15. The first kappa shape index (κ1) is 22.1. The maximum Gasteiger partial charge on any atom is 0.418 e. The molecule has 0 atom stereocenters. The molecule has 1 aromatic heterocycles. The van der Waals surface area contributed by atoms with E-state index in [0.717, 1.165) is 16.3 Å². The molecular weight excluding hydrogens is 409 g/mol. The lowest BCUT2D eigenvalue weighted by molar-refractivity contribution is -0.137. The minimum atomic E-state index is -4.57. The zero-order valence-electron chi connectivity index (χ0n) is 16.7. The molecule has 2 N–H and O–H groups in total. The van der Waals surface area contributed by atoms with E-state index in [4.69, 9.17) is 0 Å². The lowest BCUT2D eigenvalue weighted by atomic mass is 10.1. The number of carbonyl (C=O) groups is 2. The Morgan fingerprint density at radius 2 is 1.68 bits per heavy atom. The summed E-state index contributed by atoms with van der Waals surface area (Å²) in [5.41, 5.74) is 0.256. The summed E-state index contributed by atoms with van der Waals surface area (Å²) in [4.78, 5) is 24.3. The van der Waals surface area contributed by atoms with Gasteiger partial charge in [0, 0.05) is 19.0 Å². The van der Waals surface area contributed by atoms with Crippen LogP contribution in [0.1, 0.15) is 23.2 Å². The van der Waals surface area contributed by atoms with Crippen molar-refractivity contribution in [1.29, 1.82) is 0 Å². The summed E-state index contributed by atoms with van der Waals surface area (Å²) in [6, 6.07) is 15.7. The molecule has 0 spiro atoms. The van der Waals surface area contributed by atoms with Gasteiger partial charge in [-0.05, 0) is 24.6 Å². The van der Waals surface area contributed by atoms with Gasteiger partial charge in [-0.25, -0.2) is 4.68 Å². The standard InChI is InChI=1S/C22H21F3N4O2/c1-15-13-19(29(28-15)18-10-6-5-9-17(18)22(23,24)25)27-20(30)11-12-26-21(31)14-16-7-3-2-4-8-16/h2-10,13H,11-12,14H2,1H3,(H,26,31)(H,27,30). The summed E-state index contributed by atoms with van der Waals surface area (Å²) < 4.78 is 41.2. The van der Waals surface area contributed by atoms with Crippen LogP contribution in [-0.4, -0.2) is 28.1 Å². The number of carbonyl (C=O) groups excluding carboxylic acids is 2. The quantitative estimate of drug-likeness (QED) is 0.597. The number of halogens is 3. The van der Waals surface area contributed by atoms with Gasteiger partial charge in [-0.15, -0.1) is 0 Å². The van der Waals surface area contributed by atoms with E-state index in [1.165, 1.54) is 24.3 Å². The molecule has 2 amide bonds. The number of aryl methyl sites for hydroxylation is 1. The highest BCUT2D eigenvalue weighted by Gasteiger charge is 2.34. The van der Waals surface area contributed by atoms with Crippen molar-refractivity contribution in [2.75, 3.05) is 11.9 Å². The molecule has 0 aliphatic carbocycles. The molecule has 2 aromatic carbocycles. The molecule has 1 heterocycles. The molecule has 3 rings (SSSR count). The van der Waals surface area contributed by atoms with Crippen molar-refractivity contribution in [3.63, 3.8) is 0 Å². The number of alkyl halides is 3. The molecule has 0 unspecified atom stereocenters. The zero-order chi connectivity index (χ0) is 22.4. The Bertz CT molecular complexity index is 1060. The van der Waals surface area contributed by atoms with Crippen LogP contribution in [0.2, 0.25) is 0 Å². The molecule has 0 saturated carbocycles. The van der Waals surface area contributed by atoms with Crippen LogP contribution in [-0.2, 0) is 22.2 Å². The summed E-state index contributed by atoms with van der Waals surface area (Å²) >= 11 is 0. The maximum absolute atomic E-state index is 13.4. The van der Waals surface area contributed by atoms with Crippen LogP contribution in [0.4, 0.5) is 19.0 Å². The molecule has 9 heteroatoms. The first-order valence-electron chi connectivity index (χ1n) is 9.58. The minimum Gasteiger partial charge on any atom is -0.355 e. The van der Waals surface area contributed by atoms with E-state index < -0.39 is 17.6 Å². The van der Waals surface area contributed by atoms with E-state index in [1.807, 2.05) is 30.3 Å². The second kappa shape index (κ2) is 9.46. The van der Waals surface area contributed by atoms with Gasteiger partial charge in [0.1, 0.15) is 5.82 Å². The molecule has 0 radical (unpaired) electrons. The van der Waals surface area contributed by atoms with Gasteiger partial charge in [-0.2, -0.15) is 18.3 Å². The van der Waals surface area contributed by atoms with Gasteiger partial charge in [-0.3, -0.25) is 9.59 Å². The Morgan fingerprint density at radius 1 is 1.00 bits per heavy atom. The Kier molecular flexibility index (Phi) is 6.74. The van der Waals surface area contributed by atoms with Crippen molar-refractivity contribution in [3.05, 3.63) is 77.5 Å². The molecule has 162 valence electrons. The van der Waals surface area contributed by atoms with Crippen molar-refractivity contribution in [2.24, 2.45) is 0 Å². The number of nitrogens with zero attached hydrogens (tertiary/aromatic N) is 2. The summed E-state index contributed by atoms with van der Waals surface area (Å²) in [7, 11) is 0. The first-order chi connectivity index (χ1) is 14.7. The zero-order valence-corrected chi connectivity index (χ0v) is 16.7. The average Bonchev–Trinajstić information content (AvgIpc) is 3.08. The molecule has 0 saturated heterocycles. The summed E-state index contributed by atoms with van der Waals surface area (Å²) in [5, 5.41) is 9.33. The van der Waals surface area contributed by atoms with Crippen LogP contribution in [0.3, 0.4) is 0 Å². The van der Waals surface area contributed by atoms with Gasteiger partial charge < -0.3 is 10.6 Å². The highest BCUT2D eigenvalue weighted by atomic mass is 19.4. The van der Waals surface area contributed by atoms with E-state index in [9.17, 15) is 22.8 Å². The second-order valence-electron chi connectivity index (χ2n) is 6.91. The van der Waals surface area contributed by atoms with Crippen LogP contribution >= 0.6 is 0 Å². The fourth-order valence-corrected chi connectivity index (χ4v) is 3.03. The van der Waals surface area contributed by atoms with Crippen molar-refractivity contribution >= 4 is 17.6 Å². The number of anilines is 1. The van der Waals surface area contributed by atoms with Crippen LogP contribution in [0.25, 0.3) is 5.69 Å². The molecule has 31 heavy (non-hydrogen) atoms. The Morgan fingerprint density at radius 3 is 2.39 bits per heavy atom. The van der Waals surface area contributed by atoms with Crippen LogP contribution in [0, 0.1) is 6.92 Å². The van der Waals surface area contributed by atoms with Crippen molar-refractivity contribution in [1.82, 2.24) is 15.1 Å². The number of nitrogens with one attached hydrogen (secondary N) is 2. The summed E-state index contributed by atoms with van der Waals surface area (Å²) in [6.45, 7) is 1.72. The fraction of sp³-hybridized carbons (Fsp3) is 0.227. The SMILES string of the molecule is Cc1cc(NC(=O)CCNC(=O)Cc2ccccc2)n(-c2ccccc2C(F)(F)F)n1. The minimum absolute atomic E-state index is 0.0360. The monoisotopic (exact) mass is 430 g/mol. The van der Waals surface area contributed by atoms with E-state index in [-0.39, 0.29) is 36.8 Å². The van der Waals surface area contributed by atoms with Crippen LogP contribution in [0.15, 0.2) is 60.7 Å². The first-order valence-corrected chi connectivity index (χ1v) is 9.58. The van der Waals surface area contributed by atoms with Crippen LogP contribution in [0.5, 0.6) is 0 Å². The van der Waals surface area contributed by atoms with Gasteiger partial charge in [0.15, 0.2) is 0 Å². The maximum atomic E-state index is 13.4. The van der Waals surface area contributed by atoms with Gasteiger partial charge >= 0.3 is 6.18 Å². The highest BCUT2D eigenvalue weighted by molar-refractivity contribution is 5.90. The molecule has 3 aromatic rings. The van der Waals surface area contributed by atoms with E-state index in [2.05, 4.69) is 15.7 Å². The Hall–Kier alpha value is -3.62. The van der Waals surface area contributed by atoms with E-state index in [0.29, 0.717) is 5.69 Å². The lowest BCUT2D eigenvalue weighted by Crippen LogP contribution is -2.29. The third kappa shape index (κ3) is 5.94. The number of para-hydroxylation sites is 1. The molecule has 6 nitrogen and oxygen atoms in total. The third-order valence-electron chi connectivity index (χ3n) is 4.42. The largest absolute Gasteiger partial charge is 0.418 e. The van der Waals surface area contributed by atoms with E-state index >= 15 is 0 Å². The summed E-state index contributed by atoms with van der Waals surface area (Å²) in [5.74, 6) is -0.556. The van der Waals surface area contributed by atoms with Crippen molar-refractivity contribution < 1.29 is 22.8 Å². The number of hydrogen-bond acceptors (Lipinski definition) is 3. The van der Waals surface area contributed by atoms with Gasteiger partial charge in [0.25, 0.3) is 0 Å². The summed E-state index contributed by atoms with van der Waals surface area (Å²) in [6.07, 6.45) is -4.41. The Labute approximate surface area is 177 Å². The number of benzene rings is 2. The predicted molar refractivity (Wildman–Crippen MR) is 110 cm³/mol. The Balaban J connectivity index is 1.63. The number of aromatic nitrogens is 2. The smallest absolute Gasteiger partial charge is 0.355 e. The molecule has 0 aliphatic heterocycles. The van der Waals surface area contributed by atoms with Gasteiger partial charge in [0.2, 0.25) is 11.8 Å². The molecule has 0 aliphatic rings. The average molecular weight is 430 g/mol. The normalized spacial score (nSPS) is 11.2. The van der Waals surface area contributed by atoms with Crippen LogP contribution < -0.4 is 10.6 Å². The van der Waals surface area contributed by atoms with Crippen molar-refractivity contribution in [3.8, 4) is 5.69 Å². The van der Waals surface area contributed by atoms with Gasteiger partial charge in [-0.1, -0.05) is 42.5 Å². The third-order valence-corrected chi connectivity index (χ3v) is 4.42. The highest BCUT2D eigenvalue weighted by Crippen LogP contribution is 2.34.